The van der Waals surface area contributed by atoms with Crippen molar-refractivity contribution in [3.05, 3.63) is 26.6 Å². The highest BCUT2D eigenvalue weighted by atomic mass is 79.9. The summed E-state index contributed by atoms with van der Waals surface area (Å²) in [7, 11) is 0. The third-order valence-electron chi connectivity index (χ3n) is 3.58. The highest BCUT2D eigenvalue weighted by Crippen LogP contribution is 2.37. The lowest BCUT2D eigenvalue weighted by Gasteiger charge is -2.35. The molecular weight excluding hydrogens is 372 g/mol. The van der Waals surface area contributed by atoms with Gasteiger partial charge in [0.25, 0.3) is 0 Å². The topological polar surface area (TPSA) is 35.5 Å². The molecule has 3 nitrogen and oxygen atoms in total. The van der Waals surface area contributed by atoms with Crippen molar-refractivity contribution in [2.45, 2.75) is 25.8 Å². The van der Waals surface area contributed by atoms with Crippen LogP contribution in [-0.2, 0) is 0 Å². The summed E-state index contributed by atoms with van der Waals surface area (Å²) in [6, 6.07) is 4.52. The Morgan fingerprint density at radius 3 is 2.37 bits per heavy atom. The zero-order chi connectivity index (χ0) is 13.8. The van der Waals surface area contributed by atoms with Crippen LogP contribution < -0.4 is 5.32 Å². The molecule has 1 saturated heterocycles. The molecule has 0 unspecified atom stereocenters. The average molecular weight is 392 g/mol. The predicted octanol–water partition coefficient (Wildman–Crippen LogP) is 3.66. The summed E-state index contributed by atoms with van der Waals surface area (Å²) < 4.78 is 1.52. The molecule has 0 amide bonds. The zero-order valence-corrected chi connectivity index (χ0v) is 14.3. The van der Waals surface area contributed by atoms with E-state index in [0.29, 0.717) is 6.04 Å². The quantitative estimate of drug-likeness (QED) is 0.821. The molecule has 0 bridgehead atoms. The minimum atomic E-state index is 0.277. The highest BCUT2D eigenvalue weighted by molar-refractivity contribution is 9.11. The summed E-state index contributed by atoms with van der Waals surface area (Å²) in [6.45, 7) is 6.50. The maximum absolute atomic E-state index is 9.84. The number of nitrogens with zero attached hydrogens (tertiary/aromatic N) is 1. The van der Waals surface area contributed by atoms with E-state index >= 15 is 0 Å². The van der Waals surface area contributed by atoms with Crippen LogP contribution in [-0.4, -0.2) is 36.2 Å². The van der Waals surface area contributed by atoms with E-state index in [2.05, 4.69) is 49.0 Å². The minimum Gasteiger partial charge on any atom is -0.506 e. The third kappa shape index (κ3) is 3.72. The van der Waals surface area contributed by atoms with Gasteiger partial charge in [0.15, 0.2) is 0 Å². The molecule has 1 fully saturated rings. The molecule has 2 rings (SSSR count). The fraction of sp³-hybridized carbons (Fsp3) is 0.571. The molecule has 106 valence electrons. The maximum atomic E-state index is 9.84. The van der Waals surface area contributed by atoms with Gasteiger partial charge in [-0.15, -0.1) is 0 Å². The van der Waals surface area contributed by atoms with Crippen LogP contribution in [0.4, 0.5) is 0 Å². The van der Waals surface area contributed by atoms with E-state index in [9.17, 15) is 5.11 Å². The summed E-state index contributed by atoms with van der Waals surface area (Å²) in [5.74, 6) is 0.277. The van der Waals surface area contributed by atoms with E-state index in [1.165, 1.54) is 5.56 Å². The largest absolute Gasteiger partial charge is 0.506 e. The fourth-order valence-electron chi connectivity index (χ4n) is 2.60. The van der Waals surface area contributed by atoms with Gasteiger partial charge in [-0.05, 0) is 56.0 Å². The molecule has 1 heterocycles. The molecule has 2 N–H and O–H groups in total. The second-order valence-electron chi connectivity index (χ2n) is 4.92. The Morgan fingerprint density at radius 2 is 1.84 bits per heavy atom. The molecule has 5 heteroatoms. The number of phenols is 1. The first-order valence-electron chi connectivity index (χ1n) is 6.76. The van der Waals surface area contributed by atoms with E-state index in [1.807, 2.05) is 12.1 Å². The van der Waals surface area contributed by atoms with Crippen LogP contribution in [0.1, 0.15) is 31.4 Å². The summed E-state index contributed by atoms with van der Waals surface area (Å²) >= 11 is 6.86. The summed E-state index contributed by atoms with van der Waals surface area (Å²) in [5.41, 5.74) is 1.26. The number of benzene rings is 1. The second kappa shape index (κ2) is 7.07. The number of phenolic OH excluding ortho intramolecular Hbond substituents is 1. The van der Waals surface area contributed by atoms with Crippen molar-refractivity contribution in [3.8, 4) is 5.75 Å². The van der Waals surface area contributed by atoms with Gasteiger partial charge in [-0.2, -0.15) is 0 Å². The van der Waals surface area contributed by atoms with Gasteiger partial charge >= 0.3 is 0 Å². The van der Waals surface area contributed by atoms with Crippen LogP contribution in [0.2, 0.25) is 0 Å². The fourth-order valence-corrected chi connectivity index (χ4v) is 3.83. The van der Waals surface area contributed by atoms with Crippen molar-refractivity contribution < 1.29 is 5.11 Å². The number of piperazine rings is 1. The molecule has 0 saturated carbocycles. The maximum Gasteiger partial charge on any atom is 0.143 e. The molecule has 0 spiro atoms. The van der Waals surface area contributed by atoms with Gasteiger partial charge in [-0.3, -0.25) is 4.90 Å². The Kier molecular flexibility index (Phi) is 5.69. The number of aromatic hydroxyl groups is 1. The summed E-state index contributed by atoms with van der Waals surface area (Å²) in [4.78, 5) is 2.53. The molecule has 0 radical (unpaired) electrons. The Morgan fingerprint density at radius 1 is 1.26 bits per heavy atom. The molecule has 0 aromatic heterocycles. The third-order valence-corrected chi connectivity index (χ3v) is 4.79. The van der Waals surface area contributed by atoms with Gasteiger partial charge in [0.05, 0.1) is 8.95 Å². The Balaban J connectivity index is 2.27. The van der Waals surface area contributed by atoms with E-state index in [-0.39, 0.29) is 5.75 Å². The normalized spacial score (nSPS) is 18.5. The van der Waals surface area contributed by atoms with Crippen molar-refractivity contribution in [2.24, 2.45) is 0 Å². The van der Waals surface area contributed by atoms with Crippen molar-refractivity contribution in [3.63, 3.8) is 0 Å². The first-order chi connectivity index (χ1) is 9.13. The number of hydrogen-bond donors (Lipinski definition) is 2. The Hall–Kier alpha value is -0.100. The molecule has 1 aromatic rings. The van der Waals surface area contributed by atoms with E-state index < -0.39 is 0 Å². The van der Waals surface area contributed by atoms with Crippen LogP contribution in [0, 0.1) is 0 Å². The minimum absolute atomic E-state index is 0.277. The van der Waals surface area contributed by atoms with Gasteiger partial charge in [0, 0.05) is 32.2 Å². The van der Waals surface area contributed by atoms with Gasteiger partial charge < -0.3 is 10.4 Å². The smallest absolute Gasteiger partial charge is 0.143 e. The SMILES string of the molecule is CCC[C@@H](c1cc(Br)c(O)c(Br)c1)N1CCNCC1. The van der Waals surface area contributed by atoms with Crippen LogP contribution in [0.3, 0.4) is 0 Å². The van der Waals surface area contributed by atoms with Crippen LogP contribution >= 0.6 is 31.9 Å². The highest BCUT2D eigenvalue weighted by Gasteiger charge is 2.22. The summed E-state index contributed by atoms with van der Waals surface area (Å²) in [5, 5.41) is 13.2. The van der Waals surface area contributed by atoms with Crippen LogP contribution in [0.15, 0.2) is 21.1 Å². The molecule has 1 atom stereocenters. The van der Waals surface area contributed by atoms with Crippen molar-refractivity contribution in [1.82, 2.24) is 10.2 Å². The molecule has 1 aromatic carbocycles. The lowest BCUT2D eigenvalue weighted by molar-refractivity contribution is 0.164. The number of nitrogens with one attached hydrogen (secondary N) is 1. The molecule has 19 heavy (non-hydrogen) atoms. The zero-order valence-electron chi connectivity index (χ0n) is 11.1. The van der Waals surface area contributed by atoms with E-state index in [4.69, 9.17) is 0 Å². The summed E-state index contributed by atoms with van der Waals surface area (Å²) in [6.07, 6.45) is 2.30. The first-order valence-corrected chi connectivity index (χ1v) is 8.34. The van der Waals surface area contributed by atoms with Crippen LogP contribution in [0.25, 0.3) is 0 Å². The standard InChI is InChI=1S/C14H20Br2N2O/c1-2-3-13(18-6-4-17-5-7-18)10-8-11(15)14(19)12(16)9-10/h8-9,13,17,19H,2-7H2,1H3/t13-/m0/s1. The number of rotatable bonds is 4. The Bertz CT molecular complexity index is 410. The van der Waals surface area contributed by atoms with Crippen LogP contribution in [0.5, 0.6) is 5.75 Å². The average Bonchev–Trinajstić information content (AvgIpc) is 2.42. The Labute approximate surface area is 131 Å². The number of halogens is 2. The predicted molar refractivity (Wildman–Crippen MR) is 85.6 cm³/mol. The van der Waals surface area contributed by atoms with Gasteiger partial charge in [0.2, 0.25) is 0 Å². The van der Waals surface area contributed by atoms with Gasteiger partial charge in [-0.25, -0.2) is 0 Å². The first kappa shape index (κ1) is 15.3. The van der Waals surface area contributed by atoms with Gasteiger partial charge in [0.1, 0.15) is 5.75 Å². The van der Waals surface area contributed by atoms with E-state index in [0.717, 1.165) is 48.0 Å². The van der Waals surface area contributed by atoms with Gasteiger partial charge in [-0.1, -0.05) is 13.3 Å². The van der Waals surface area contributed by atoms with E-state index in [1.54, 1.807) is 0 Å². The van der Waals surface area contributed by atoms with Crippen molar-refractivity contribution in [2.75, 3.05) is 26.2 Å². The lowest BCUT2D eigenvalue weighted by atomic mass is 10.00. The second-order valence-corrected chi connectivity index (χ2v) is 6.63. The molecule has 0 aliphatic carbocycles. The number of hydrogen-bond acceptors (Lipinski definition) is 3. The molecule has 1 aliphatic rings. The molecular formula is C14H20Br2N2O. The van der Waals surface area contributed by atoms with Crippen molar-refractivity contribution >= 4 is 31.9 Å². The monoisotopic (exact) mass is 390 g/mol. The lowest BCUT2D eigenvalue weighted by Crippen LogP contribution is -2.45. The van der Waals surface area contributed by atoms with Crippen molar-refractivity contribution in [1.29, 1.82) is 0 Å². The molecule has 1 aliphatic heterocycles.